The largest absolute Gasteiger partial charge is 0.478 e. The predicted octanol–water partition coefficient (Wildman–Crippen LogP) is 2.23. The van der Waals surface area contributed by atoms with Gasteiger partial charge in [-0.15, -0.1) is 0 Å². The van der Waals surface area contributed by atoms with Crippen LogP contribution >= 0.6 is 11.6 Å². The molecule has 104 valence electrons. The second-order valence-corrected chi connectivity index (χ2v) is 5.92. The van der Waals surface area contributed by atoms with Crippen LogP contribution in [-0.4, -0.2) is 24.5 Å². The fourth-order valence-corrected chi connectivity index (χ4v) is 2.75. The summed E-state index contributed by atoms with van der Waals surface area (Å²) in [6.07, 6.45) is 1.21. The number of carboxylic acid groups (broad SMARTS) is 1. The summed E-state index contributed by atoms with van der Waals surface area (Å²) in [6, 6.07) is 8.09. The van der Waals surface area contributed by atoms with E-state index in [4.69, 9.17) is 16.7 Å². The van der Waals surface area contributed by atoms with E-state index >= 15 is 0 Å². The van der Waals surface area contributed by atoms with Gasteiger partial charge in [-0.25, -0.2) is 18.2 Å². The molecule has 0 amide bonds. The van der Waals surface area contributed by atoms with E-state index in [9.17, 15) is 13.2 Å². The molecular formula is C12H9ClN2O4S. The number of anilines is 1. The summed E-state index contributed by atoms with van der Waals surface area (Å²) < 4.78 is 26.4. The predicted molar refractivity (Wildman–Crippen MR) is 73.5 cm³/mol. The highest BCUT2D eigenvalue weighted by molar-refractivity contribution is 7.92. The van der Waals surface area contributed by atoms with Crippen molar-refractivity contribution in [3.8, 4) is 0 Å². The zero-order valence-electron chi connectivity index (χ0n) is 9.95. The van der Waals surface area contributed by atoms with Crippen molar-refractivity contribution < 1.29 is 18.3 Å². The standard InChI is InChI=1S/C12H9ClN2O4S/c13-9-2-1-3-10(7-9)20(18,19)15-11-6-8(12(16)17)4-5-14-11/h1-7H,(H,14,15)(H,16,17). The Morgan fingerprint density at radius 3 is 2.65 bits per heavy atom. The Morgan fingerprint density at radius 2 is 2.00 bits per heavy atom. The van der Waals surface area contributed by atoms with Crippen LogP contribution in [0.4, 0.5) is 5.82 Å². The molecule has 0 bridgehead atoms. The van der Waals surface area contributed by atoms with Crippen LogP contribution in [0.3, 0.4) is 0 Å². The second-order valence-electron chi connectivity index (χ2n) is 3.80. The van der Waals surface area contributed by atoms with Crippen molar-refractivity contribution in [2.75, 3.05) is 4.72 Å². The van der Waals surface area contributed by atoms with Crippen molar-refractivity contribution in [1.82, 2.24) is 4.98 Å². The number of nitrogens with zero attached hydrogens (tertiary/aromatic N) is 1. The topological polar surface area (TPSA) is 96.4 Å². The summed E-state index contributed by atoms with van der Waals surface area (Å²) in [4.78, 5) is 14.5. The summed E-state index contributed by atoms with van der Waals surface area (Å²) >= 11 is 5.74. The van der Waals surface area contributed by atoms with E-state index in [0.717, 1.165) is 6.07 Å². The van der Waals surface area contributed by atoms with E-state index < -0.39 is 16.0 Å². The summed E-state index contributed by atoms with van der Waals surface area (Å²) in [7, 11) is -3.87. The summed E-state index contributed by atoms with van der Waals surface area (Å²) in [5.74, 6) is -1.25. The maximum Gasteiger partial charge on any atom is 0.335 e. The first-order valence-corrected chi connectivity index (χ1v) is 7.22. The molecule has 0 atom stereocenters. The van der Waals surface area contributed by atoms with Gasteiger partial charge in [-0.3, -0.25) is 4.72 Å². The SMILES string of the molecule is O=C(O)c1ccnc(NS(=O)(=O)c2cccc(Cl)c2)c1. The number of aromatic carboxylic acids is 1. The van der Waals surface area contributed by atoms with E-state index in [1.54, 1.807) is 6.07 Å². The molecule has 6 nitrogen and oxygen atoms in total. The Balaban J connectivity index is 2.33. The van der Waals surface area contributed by atoms with Crippen LogP contribution in [-0.2, 0) is 10.0 Å². The second kappa shape index (κ2) is 5.48. The van der Waals surface area contributed by atoms with Gasteiger partial charge in [0.2, 0.25) is 0 Å². The molecule has 0 saturated carbocycles. The van der Waals surface area contributed by atoms with E-state index in [1.807, 2.05) is 0 Å². The third-order valence-electron chi connectivity index (χ3n) is 2.35. The molecule has 2 N–H and O–H groups in total. The summed E-state index contributed by atoms with van der Waals surface area (Å²) in [5, 5.41) is 9.12. The van der Waals surface area contributed by atoms with Gasteiger partial charge in [0.25, 0.3) is 10.0 Å². The normalized spacial score (nSPS) is 11.1. The zero-order valence-corrected chi connectivity index (χ0v) is 11.5. The molecule has 0 radical (unpaired) electrons. The molecule has 2 aromatic rings. The Bertz CT molecular complexity index is 762. The average molecular weight is 313 g/mol. The number of nitrogens with one attached hydrogen (secondary N) is 1. The van der Waals surface area contributed by atoms with Crippen LogP contribution in [0.15, 0.2) is 47.5 Å². The Hall–Kier alpha value is -2.12. The van der Waals surface area contributed by atoms with Crippen LogP contribution in [0, 0.1) is 0 Å². The first kappa shape index (κ1) is 14.3. The lowest BCUT2D eigenvalue weighted by molar-refractivity contribution is 0.0697. The van der Waals surface area contributed by atoms with Crippen LogP contribution < -0.4 is 4.72 Å². The lowest BCUT2D eigenvalue weighted by atomic mass is 10.3. The van der Waals surface area contributed by atoms with Gasteiger partial charge in [0.1, 0.15) is 5.82 Å². The maximum atomic E-state index is 12.1. The van der Waals surface area contributed by atoms with Gasteiger partial charge in [0, 0.05) is 11.2 Å². The van der Waals surface area contributed by atoms with Crippen molar-refractivity contribution in [3.05, 3.63) is 53.2 Å². The van der Waals surface area contributed by atoms with Gasteiger partial charge in [-0.05, 0) is 30.3 Å². The minimum absolute atomic E-state index is 0.0347. The quantitative estimate of drug-likeness (QED) is 0.902. The third kappa shape index (κ3) is 3.25. The molecule has 0 unspecified atom stereocenters. The molecule has 20 heavy (non-hydrogen) atoms. The van der Waals surface area contributed by atoms with E-state index in [-0.39, 0.29) is 21.3 Å². The number of rotatable bonds is 4. The van der Waals surface area contributed by atoms with Gasteiger partial charge in [0.15, 0.2) is 0 Å². The molecule has 0 aliphatic carbocycles. The maximum absolute atomic E-state index is 12.1. The van der Waals surface area contributed by atoms with Crippen molar-refractivity contribution in [2.45, 2.75) is 4.90 Å². The van der Waals surface area contributed by atoms with E-state index in [2.05, 4.69) is 9.71 Å². The van der Waals surface area contributed by atoms with Crippen LogP contribution in [0.25, 0.3) is 0 Å². The van der Waals surface area contributed by atoms with Crippen molar-refractivity contribution in [3.63, 3.8) is 0 Å². The molecule has 0 fully saturated rings. The van der Waals surface area contributed by atoms with Gasteiger partial charge in [-0.1, -0.05) is 17.7 Å². The van der Waals surface area contributed by atoms with Gasteiger partial charge in [-0.2, -0.15) is 0 Å². The molecule has 0 saturated heterocycles. The third-order valence-corrected chi connectivity index (χ3v) is 3.94. The first-order valence-electron chi connectivity index (χ1n) is 5.36. The number of sulfonamides is 1. The lowest BCUT2D eigenvalue weighted by Gasteiger charge is -2.07. The summed E-state index contributed by atoms with van der Waals surface area (Å²) in [6.45, 7) is 0. The number of halogens is 1. The van der Waals surface area contributed by atoms with E-state index in [1.165, 1.54) is 30.5 Å². The minimum atomic E-state index is -3.87. The molecule has 8 heteroatoms. The van der Waals surface area contributed by atoms with Crippen LogP contribution in [0.2, 0.25) is 5.02 Å². The zero-order chi connectivity index (χ0) is 14.8. The van der Waals surface area contributed by atoms with E-state index in [0.29, 0.717) is 0 Å². The first-order chi connectivity index (χ1) is 9.38. The number of aromatic nitrogens is 1. The number of carbonyl (C=O) groups is 1. The Labute approximate surface area is 120 Å². The monoisotopic (exact) mass is 312 g/mol. The molecule has 0 aliphatic rings. The molecule has 0 spiro atoms. The molecule has 1 heterocycles. The van der Waals surface area contributed by atoms with Crippen LogP contribution in [0.1, 0.15) is 10.4 Å². The molecule has 1 aromatic heterocycles. The highest BCUT2D eigenvalue weighted by Crippen LogP contribution is 2.18. The smallest absolute Gasteiger partial charge is 0.335 e. The Kier molecular flexibility index (Phi) is 3.91. The number of pyridine rings is 1. The molecule has 2 rings (SSSR count). The number of hydrogen-bond donors (Lipinski definition) is 2. The highest BCUT2D eigenvalue weighted by Gasteiger charge is 2.16. The molecule has 1 aromatic carbocycles. The average Bonchev–Trinajstić information content (AvgIpc) is 2.38. The van der Waals surface area contributed by atoms with Gasteiger partial charge in [0.05, 0.1) is 10.5 Å². The number of carboxylic acids is 1. The number of benzene rings is 1. The van der Waals surface area contributed by atoms with Gasteiger partial charge >= 0.3 is 5.97 Å². The minimum Gasteiger partial charge on any atom is -0.478 e. The fourth-order valence-electron chi connectivity index (χ4n) is 1.45. The van der Waals surface area contributed by atoms with Gasteiger partial charge < -0.3 is 5.11 Å². The van der Waals surface area contributed by atoms with Crippen molar-refractivity contribution in [2.24, 2.45) is 0 Å². The fraction of sp³-hybridized carbons (Fsp3) is 0. The number of hydrogen-bond acceptors (Lipinski definition) is 4. The Morgan fingerprint density at radius 1 is 1.25 bits per heavy atom. The molecule has 0 aliphatic heterocycles. The highest BCUT2D eigenvalue weighted by atomic mass is 35.5. The lowest BCUT2D eigenvalue weighted by Crippen LogP contribution is -2.14. The molecular weight excluding hydrogens is 304 g/mol. The van der Waals surface area contributed by atoms with Crippen molar-refractivity contribution in [1.29, 1.82) is 0 Å². The summed E-state index contributed by atoms with van der Waals surface area (Å²) in [5.41, 5.74) is -0.0659. The van der Waals surface area contributed by atoms with Crippen molar-refractivity contribution >= 4 is 33.4 Å². The van der Waals surface area contributed by atoms with Crippen LogP contribution in [0.5, 0.6) is 0 Å².